The van der Waals surface area contributed by atoms with Crippen LogP contribution in [0.15, 0.2) is 134 Å². The van der Waals surface area contributed by atoms with Gasteiger partial charge in [-0.05, 0) is 141 Å². The van der Waals surface area contributed by atoms with E-state index in [1.54, 1.807) is 0 Å². The van der Waals surface area contributed by atoms with E-state index >= 15 is 0 Å². The molecule has 1 atom stereocenters. The van der Waals surface area contributed by atoms with Gasteiger partial charge in [0.1, 0.15) is 13.2 Å². The molecule has 0 aliphatic heterocycles. The van der Waals surface area contributed by atoms with Crippen molar-refractivity contribution in [3.63, 3.8) is 0 Å². The Morgan fingerprint density at radius 3 is 0.802 bits per heavy atom. The van der Waals surface area contributed by atoms with Gasteiger partial charge in [0.25, 0.3) is 0 Å². The summed E-state index contributed by atoms with van der Waals surface area (Å²) in [6.07, 6.45) is 96.0. The van der Waals surface area contributed by atoms with Gasteiger partial charge < -0.3 is 14.2 Å². The Hall–Kier alpha value is -4.45. The molecule has 6 nitrogen and oxygen atoms in total. The molecule has 6 heteroatoms. The van der Waals surface area contributed by atoms with Crippen LogP contribution in [0, 0.1) is 0 Å². The van der Waals surface area contributed by atoms with Gasteiger partial charge in [-0.1, -0.05) is 276 Å². The first kappa shape index (κ1) is 76.5. The quantitative estimate of drug-likeness (QED) is 0.0261. The van der Waals surface area contributed by atoms with Crippen LogP contribution in [0.4, 0.5) is 0 Å². The highest BCUT2D eigenvalue weighted by Crippen LogP contribution is 2.15. The SMILES string of the molecule is CC/C=C\C/C=C\C/C=C\C/C=C\C/C=C\C/C=C\CCCCC(=O)OC(COC(=O)CCCCCCCCC/C=C\C/C=C\CCCCC)COC(=O)CCCCCCCCCCCC/C=C\C/C=C\C/C=C\CCCCCCC. The summed E-state index contributed by atoms with van der Waals surface area (Å²) < 4.78 is 16.9. The molecule has 0 aliphatic carbocycles. The molecule has 0 aromatic carbocycles. The number of unbranched alkanes of at least 4 members (excludes halogenated alkanes) is 27. The van der Waals surface area contributed by atoms with Crippen LogP contribution in [-0.2, 0) is 28.6 Å². The first-order chi connectivity index (χ1) is 40.0. The minimum Gasteiger partial charge on any atom is -0.462 e. The van der Waals surface area contributed by atoms with Gasteiger partial charge in [-0.25, -0.2) is 0 Å². The summed E-state index contributed by atoms with van der Waals surface area (Å²) in [5.74, 6) is -0.954. The van der Waals surface area contributed by atoms with Gasteiger partial charge in [-0.15, -0.1) is 0 Å². The molecule has 0 amide bonds. The summed E-state index contributed by atoms with van der Waals surface area (Å²) in [4.78, 5) is 38.4. The van der Waals surface area contributed by atoms with E-state index in [-0.39, 0.29) is 37.5 Å². The van der Waals surface area contributed by atoms with Gasteiger partial charge in [0.15, 0.2) is 6.10 Å². The first-order valence-electron chi connectivity index (χ1n) is 33.7. The molecule has 0 radical (unpaired) electrons. The lowest BCUT2D eigenvalue weighted by Gasteiger charge is -2.18. The van der Waals surface area contributed by atoms with Crippen molar-refractivity contribution in [1.29, 1.82) is 0 Å². The Morgan fingerprint density at radius 1 is 0.259 bits per heavy atom. The number of esters is 3. The summed E-state index contributed by atoms with van der Waals surface area (Å²) in [5, 5.41) is 0. The molecule has 0 fully saturated rings. The highest BCUT2D eigenvalue weighted by atomic mass is 16.6. The van der Waals surface area contributed by atoms with Gasteiger partial charge in [0.05, 0.1) is 0 Å². The zero-order valence-electron chi connectivity index (χ0n) is 52.8. The fourth-order valence-corrected chi connectivity index (χ4v) is 9.07. The number of hydrogen-bond acceptors (Lipinski definition) is 6. The number of rotatable bonds is 60. The lowest BCUT2D eigenvalue weighted by Crippen LogP contribution is -2.30. The van der Waals surface area contributed by atoms with Gasteiger partial charge in [0, 0.05) is 19.3 Å². The Bertz CT molecular complexity index is 1720. The molecule has 0 saturated heterocycles. The predicted molar refractivity (Wildman–Crippen MR) is 353 cm³/mol. The first-order valence-corrected chi connectivity index (χ1v) is 33.7. The van der Waals surface area contributed by atoms with Crippen molar-refractivity contribution in [3.05, 3.63) is 134 Å². The summed E-state index contributed by atoms with van der Waals surface area (Å²) in [5.41, 5.74) is 0. The Morgan fingerprint density at radius 2 is 0.481 bits per heavy atom. The molecule has 0 N–H and O–H groups in total. The van der Waals surface area contributed by atoms with Crippen molar-refractivity contribution in [2.24, 2.45) is 0 Å². The van der Waals surface area contributed by atoms with Crippen molar-refractivity contribution in [2.45, 2.75) is 309 Å². The van der Waals surface area contributed by atoms with Crippen LogP contribution in [0.5, 0.6) is 0 Å². The van der Waals surface area contributed by atoms with E-state index in [1.807, 2.05) is 0 Å². The fourth-order valence-electron chi connectivity index (χ4n) is 9.07. The average molecular weight is 1120 g/mol. The molecule has 0 aromatic heterocycles. The molecule has 0 bridgehead atoms. The Kier molecular flexibility index (Phi) is 64.3. The molecule has 0 rings (SSSR count). The average Bonchev–Trinajstić information content (AvgIpc) is 3.47. The summed E-state index contributed by atoms with van der Waals surface area (Å²) in [6.45, 7) is 6.46. The number of hydrogen-bond donors (Lipinski definition) is 0. The van der Waals surface area contributed by atoms with Crippen LogP contribution in [-0.4, -0.2) is 37.2 Å². The van der Waals surface area contributed by atoms with Crippen molar-refractivity contribution >= 4 is 17.9 Å². The minimum absolute atomic E-state index is 0.104. The molecular weight excluding hydrogens is 997 g/mol. The van der Waals surface area contributed by atoms with E-state index in [0.717, 1.165) is 116 Å². The third-order valence-corrected chi connectivity index (χ3v) is 14.1. The monoisotopic (exact) mass is 1120 g/mol. The molecule has 0 heterocycles. The van der Waals surface area contributed by atoms with Crippen molar-refractivity contribution in [2.75, 3.05) is 13.2 Å². The molecular formula is C75H124O6. The number of carbonyl (C=O) groups excluding carboxylic acids is 3. The van der Waals surface area contributed by atoms with E-state index in [9.17, 15) is 14.4 Å². The normalized spacial score (nSPS) is 13.0. The molecule has 0 spiro atoms. The van der Waals surface area contributed by atoms with Crippen LogP contribution in [0.1, 0.15) is 303 Å². The standard InChI is InChI=1S/C75H124O6/c1-4-7-10-13-16-19-22-25-28-31-33-35-36-37-38-40-41-44-47-50-53-56-59-62-65-68-74(77)80-71-72(70-79-73(76)67-64-61-58-55-52-49-46-43-30-27-24-21-18-15-12-9-6-3)81-75(78)69-66-63-60-57-54-51-48-45-42-39-34-32-29-26-23-20-17-14-11-8-5-2/h8,11,17-18,20-22,25-27,29-31,33-34,36-37,39,45,48,54,57,72H,4-7,9-10,12-16,19,23-24,28,32,35,38,40-44,46-47,49-53,55-56,58-71H2,1-3H3/b11-8-,20-17-,21-18-,25-22-,29-26-,30-27-,33-31-,37-36-,39-34-,48-45-,57-54-. The number of carbonyl (C=O) groups is 3. The van der Waals surface area contributed by atoms with E-state index in [1.165, 1.54) is 141 Å². The molecule has 0 aliphatic rings. The Labute approximate surface area is 500 Å². The van der Waals surface area contributed by atoms with E-state index in [4.69, 9.17) is 14.2 Å². The van der Waals surface area contributed by atoms with Gasteiger partial charge in [-0.3, -0.25) is 14.4 Å². The van der Waals surface area contributed by atoms with Crippen molar-refractivity contribution < 1.29 is 28.6 Å². The minimum atomic E-state index is -0.813. The molecule has 1 unspecified atom stereocenters. The van der Waals surface area contributed by atoms with Gasteiger partial charge >= 0.3 is 17.9 Å². The molecule has 0 aromatic rings. The van der Waals surface area contributed by atoms with Crippen LogP contribution < -0.4 is 0 Å². The summed E-state index contributed by atoms with van der Waals surface area (Å²) in [7, 11) is 0. The predicted octanol–water partition coefficient (Wildman–Crippen LogP) is 23.3. The summed E-state index contributed by atoms with van der Waals surface area (Å²) >= 11 is 0. The number of ether oxygens (including phenoxy) is 3. The second-order valence-electron chi connectivity index (χ2n) is 22.0. The fraction of sp³-hybridized carbons (Fsp3) is 0.667. The Balaban J connectivity index is 4.47. The van der Waals surface area contributed by atoms with E-state index in [0.29, 0.717) is 19.3 Å². The smallest absolute Gasteiger partial charge is 0.306 e. The molecule has 0 saturated carbocycles. The lowest BCUT2D eigenvalue weighted by molar-refractivity contribution is -0.167. The largest absolute Gasteiger partial charge is 0.462 e. The second-order valence-corrected chi connectivity index (χ2v) is 22.0. The maximum atomic E-state index is 12.9. The topological polar surface area (TPSA) is 78.9 Å². The summed E-state index contributed by atoms with van der Waals surface area (Å²) in [6, 6.07) is 0. The van der Waals surface area contributed by atoms with Crippen molar-refractivity contribution in [3.8, 4) is 0 Å². The van der Waals surface area contributed by atoms with Gasteiger partial charge in [-0.2, -0.15) is 0 Å². The van der Waals surface area contributed by atoms with Crippen LogP contribution in [0.2, 0.25) is 0 Å². The maximum absolute atomic E-state index is 12.9. The van der Waals surface area contributed by atoms with Crippen molar-refractivity contribution in [1.82, 2.24) is 0 Å². The molecule has 81 heavy (non-hydrogen) atoms. The maximum Gasteiger partial charge on any atom is 0.306 e. The van der Waals surface area contributed by atoms with Crippen LogP contribution in [0.3, 0.4) is 0 Å². The van der Waals surface area contributed by atoms with E-state index < -0.39 is 6.10 Å². The lowest BCUT2D eigenvalue weighted by atomic mass is 10.1. The third-order valence-electron chi connectivity index (χ3n) is 14.1. The zero-order valence-corrected chi connectivity index (χ0v) is 52.8. The van der Waals surface area contributed by atoms with Crippen LogP contribution >= 0.6 is 0 Å². The highest BCUT2D eigenvalue weighted by molar-refractivity contribution is 5.71. The zero-order chi connectivity index (χ0) is 58.5. The second kappa shape index (κ2) is 68.1. The number of allylic oxidation sites excluding steroid dienone is 22. The highest BCUT2D eigenvalue weighted by Gasteiger charge is 2.19. The van der Waals surface area contributed by atoms with E-state index in [2.05, 4.69) is 154 Å². The van der Waals surface area contributed by atoms with Gasteiger partial charge in [0.2, 0.25) is 0 Å². The van der Waals surface area contributed by atoms with Crippen LogP contribution in [0.25, 0.3) is 0 Å². The third kappa shape index (κ3) is 66.2. The molecule has 460 valence electrons.